The fourth-order valence-electron chi connectivity index (χ4n) is 2.90. The highest BCUT2D eigenvalue weighted by Crippen LogP contribution is 2.20. The lowest BCUT2D eigenvalue weighted by Gasteiger charge is -2.31. The van der Waals surface area contributed by atoms with Crippen molar-refractivity contribution in [3.8, 4) is 0 Å². The molecule has 6 heteroatoms. The zero-order valence-electron chi connectivity index (χ0n) is 13.2. The minimum Gasteiger partial charge on any atom is -0.469 e. The molecular formula is C15H23N3O3. The van der Waals surface area contributed by atoms with Crippen LogP contribution in [0, 0.1) is 19.8 Å². The molecule has 0 N–H and O–H groups in total. The van der Waals surface area contributed by atoms with Crippen LogP contribution in [0.1, 0.15) is 29.8 Å². The smallest absolute Gasteiger partial charge is 0.310 e. The number of hydrogen-bond donors (Lipinski definition) is 0. The second kappa shape index (κ2) is 6.28. The van der Waals surface area contributed by atoms with Crippen LogP contribution in [-0.2, 0) is 27.8 Å². The second-order valence-corrected chi connectivity index (χ2v) is 5.65. The summed E-state index contributed by atoms with van der Waals surface area (Å²) >= 11 is 0. The zero-order chi connectivity index (χ0) is 15.6. The normalized spacial score (nSPS) is 18.7. The first kappa shape index (κ1) is 15.5. The molecule has 1 aromatic heterocycles. The van der Waals surface area contributed by atoms with Crippen molar-refractivity contribution in [1.29, 1.82) is 0 Å². The molecule has 1 saturated heterocycles. The number of ether oxygens (including phenoxy) is 1. The molecule has 116 valence electrons. The van der Waals surface area contributed by atoms with Gasteiger partial charge in [-0.15, -0.1) is 0 Å². The lowest BCUT2D eigenvalue weighted by atomic mass is 9.97. The van der Waals surface area contributed by atoms with Gasteiger partial charge in [-0.2, -0.15) is 5.10 Å². The van der Waals surface area contributed by atoms with E-state index < -0.39 is 0 Å². The van der Waals surface area contributed by atoms with Gasteiger partial charge in [0.15, 0.2) is 0 Å². The Morgan fingerprint density at radius 2 is 2.10 bits per heavy atom. The number of aromatic nitrogens is 2. The monoisotopic (exact) mass is 293 g/mol. The third kappa shape index (κ3) is 3.25. The zero-order valence-corrected chi connectivity index (χ0v) is 13.2. The molecule has 6 nitrogen and oxygen atoms in total. The highest BCUT2D eigenvalue weighted by Gasteiger charge is 2.29. The van der Waals surface area contributed by atoms with Crippen molar-refractivity contribution in [3.05, 3.63) is 17.0 Å². The van der Waals surface area contributed by atoms with Crippen molar-refractivity contribution < 1.29 is 14.3 Å². The molecule has 2 rings (SSSR count). The van der Waals surface area contributed by atoms with Crippen molar-refractivity contribution in [2.24, 2.45) is 13.0 Å². The van der Waals surface area contributed by atoms with E-state index in [-0.39, 0.29) is 17.8 Å². The Bertz CT molecular complexity index is 551. The predicted molar refractivity (Wildman–Crippen MR) is 77.7 cm³/mol. The van der Waals surface area contributed by atoms with Crippen LogP contribution < -0.4 is 0 Å². The van der Waals surface area contributed by atoms with Gasteiger partial charge in [0.25, 0.3) is 0 Å². The molecule has 0 aromatic carbocycles. The summed E-state index contributed by atoms with van der Waals surface area (Å²) in [5.74, 6) is -0.354. The summed E-state index contributed by atoms with van der Waals surface area (Å²) in [6, 6.07) is 0. The number of esters is 1. The molecule has 0 aliphatic carbocycles. The number of aryl methyl sites for hydroxylation is 2. The van der Waals surface area contributed by atoms with E-state index in [1.54, 1.807) is 9.58 Å². The Morgan fingerprint density at radius 3 is 2.67 bits per heavy atom. The number of nitrogens with zero attached hydrogens (tertiary/aromatic N) is 3. The summed E-state index contributed by atoms with van der Waals surface area (Å²) in [5.41, 5.74) is 2.90. The number of carbonyl (C=O) groups is 2. The molecule has 0 radical (unpaired) electrons. The van der Waals surface area contributed by atoms with E-state index in [1.807, 2.05) is 20.9 Å². The van der Waals surface area contributed by atoms with Gasteiger partial charge in [-0.3, -0.25) is 14.3 Å². The van der Waals surface area contributed by atoms with Gasteiger partial charge in [-0.1, -0.05) is 0 Å². The molecule has 1 aromatic rings. The van der Waals surface area contributed by atoms with Gasteiger partial charge in [0.2, 0.25) is 5.91 Å². The predicted octanol–water partition coefficient (Wildman–Crippen LogP) is 0.991. The number of likely N-dealkylation sites (tertiary alicyclic amines) is 1. The SMILES string of the molecule is COC(=O)C1CCCN(C(=O)Cc2c(C)nn(C)c2C)C1. The first-order valence-electron chi connectivity index (χ1n) is 7.28. The van der Waals surface area contributed by atoms with Gasteiger partial charge in [0.05, 0.1) is 25.1 Å². The van der Waals surface area contributed by atoms with Crippen LogP contribution in [0.15, 0.2) is 0 Å². The maximum atomic E-state index is 12.5. The van der Waals surface area contributed by atoms with E-state index in [0.29, 0.717) is 19.5 Å². The molecule has 1 atom stereocenters. The average molecular weight is 293 g/mol. The van der Waals surface area contributed by atoms with Crippen LogP contribution in [0.5, 0.6) is 0 Å². The van der Waals surface area contributed by atoms with E-state index in [0.717, 1.165) is 29.8 Å². The summed E-state index contributed by atoms with van der Waals surface area (Å²) in [4.78, 5) is 25.9. The number of rotatable bonds is 3. The lowest BCUT2D eigenvalue weighted by Crippen LogP contribution is -2.43. The van der Waals surface area contributed by atoms with E-state index >= 15 is 0 Å². The number of methoxy groups -OCH3 is 1. The Labute approximate surface area is 125 Å². The van der Waals surface area contributed by atoms with Crippen LogP contribution >= 0.6 is 0 Å². The van der Waals surface area contributed by atoms with Gasteiger partial charge in [0, 0.05) is 31.4 Å². The molecule has 1 aliphatic rings. The molecule has 0 bridgehead atoms. The largest absolute Gasteiger partial charge is 0.469 e. The van der Waals surface area contributed by atoms with E-state index in [4.69, 9.17) is 4.74 Å². The third-order valence-electron chi connectivity index (χ3n) is 4.30. The molecule has 2 heterocycles. The number of hydrogen-bond acceptors (Lipinski definition) is 4. The van der Waals surface area contributed by atoms with E-state index in [1.165, 1.54) is 7.11 Å². The molecule has 1 aliphatic heterocycles. The van der Waals surface area contributed by atoms with E-state index in [2.05, 4.69) is 5.10 Å². The van der Waals surface area contributed by atoms with Crippen molar-refractivity contribution in [2.45, 2.75) is 33.1 Å². The van der Waals surface area contributed by atoms with Crippen LogP contribution in [0.2, 0.25) is 0 Å². The molecule has 0 spiro atoms. The molecular weight excluding hydrogens is 270 g/mol. The van der Waals surface area contributed by atoms with Gasteiger partial charge in [-0.25, -0.2) is 0 Å². The third-order valence-corrected chi connectivity index (χ3v) is 4.30. The molecule has 1 fully saturated rings. The fourth-order valence-corrected chi connectivity index (χ4v) is 2.90. The maximum absolute atomic E-state index is 12.5. The van der Waals surface area contributed by atoms with Crippen LogP contribution in [0.3, 0.4) is 0 Å². The quantitative estimate of drug-likeness (QED) is 0.780. The topological polar surface area (TPSA) is 64.4 Å². The number of piperidine rings is 1. The van der Waals surface area contributed by atoms with Crippen LogP contribution in [0.25, 0.3) is 0 Å². The number of carbonyl (C=O) groups excluding carboxylic acids is 2. The Kier molecular flexibility index (Phi) is 4.65. The second-order valence-electron chi connectivity index (χ2n) is 5.65. The fraction of sp³-hybridized carbons (Fsp3) is 0.667. The highest BCUT2D eigenvalue weighted by molar-refractivity contribution is 5.80. The van der Waals surface area contributed by atoms with Crippen molar-refractivity contribution in [3.63, 3.8) is 0 Å². The minimum atomic E-state index is -0.221. The highest BCUT2D eigenvalue weighted by atomic mass is 16.5. The Hall–Kier alpha value is -1.85. The summed E-state index contributed by atoms with van der Waals surface area (Å²) in [6.45, 7) is 5.06. The summed E-state index contributed by atoms with van der Waals surface area (Å²) in [5, 5.41) is 4.34. The molecule has 1 amide bonds. The Morgan fingerprint density at radius 1 is 1.38 bits per heavy atom. The molecule has 1 unspecified atom stereocenters. The first-order valence-corrected chi connectivity index (χ1v) is 7.28. The lowest BCUT2D eigenvalue weighted by molar-refractivity contribution is -0.148. The van der Waals surface area contributed by atoms with Crippen molar-refractivity contribution in [2.75, 3.05) is 20.2 Å². The molecule has 0 saturated carbocycles. The van der Waals surface area contributed by atoms with Crippen molar-refractivity contribution >= 4 is 11.9 Å². The van der Waals surface area contributed by atoms with Crippen LogP contribution in [0.4, 0.5) is 0 Å². The van der Waals surface area contributed by atoms with Crippen molar-refractivity contribution in [1.82, 2.24) is 14.7 Å². The van der Waals surface area contributed by atoms with Gasteiger partial charge >= 0.3 is 5.97 Å². The van der Waals surface area contributed by atoms with E-state index in [9.17, 15) is 9.59 Å². The standard InChI is InChI=1S/C15H23N3O3/c1-10-13(11(2)17(3)16-10)8-14(19)18-7-5-6-12(9-18)15(20)21-4/h12H,5-9H2,1-4H3. The first-order chi connectivity index (χ1) is 9.93. The average Bonchev–Trinajstić information content (AvgIpc) is 2.73. The summed E-state index contributed by atoms with van der Waals surface area (Å²) in [7, 11) is 3.27. The van der Waals surface area contributed by atoms with Crippen LogP contribution in [-0.4, -0.2) is 46.8 Å². The summed E-state index contributed by atoms with van der Waals surface area (Å²) < 4.78 is 6.58. The summed E-state index contributed by atoms with van der Waals surface area (Å²) in [6.07, 6.45) is 1.98. The number of amides is 1. The van der Waals surface area contributed by atoms with Gasteiger partial charge in [-0.05, 0) is 26.7 Å². The molecule has 21 heavy (non-hydrogen) atoms. The Balaban J connectivity index is 2.04. The maximum Gasteiger partial charge on any atom is 0.310 e. The van der Waals surface area contributed by atoms with Gasteiger partial charge in [0.1, 0.15) is 0 Å². The minimum absolute atomic E-state index is 0.0582. The van der Waals surface area contributed by atoms with Gasteiger partial charge < -0.3 is 9.64 Å².